The fourth-order valence-corrected chi connectivity index (χ4v) is 6.24. The highest BCUT2D eigenvalue weighted by Crippen LogP contribution is 2.36. The largest absolute Gasteiger partial charge is 0.460 e. The number of carbonyl (C=O) groups excluding carboxylic acids is 2. The number of hydrogen-bond acceptors (Lipinski definition) is 7. The summed E-state index contributed by atoms with van der Waals surface area (Å²) in [6, 6.07) is 10.4. The van der Waals surface area contributed by atoms with E-state index < -0.39 is 16.0 Å². The van der Waals surface area contributed by atoms with Gasteiger partial charge < -0.3 is 14.1 Å². The molecular weight excluding hydrogens is 440 g/mol. The topological polar surface area (TPSA) is 97.1 Å². The van der Waals surface area contributed by atoms with Crippen LogP contribution in [0.25, 0.3) is 0 Å². The Bertz CT molecular complexity index is 1070. The van der Waals surface area contributed by atoms with Gasteiger partial charge in [-0.25, -0.2) is 13.2 Å². The molecule has 8 nitrogen and oxygen atoms in total. The number of amides is 1. The normalized spacial score (nSPS) is 17.9. The number of hydrogen-bond donors (Lipinski definition) is 0. The van der Waals surface area contributed by atoms with E-state index in [1.807, 2.05) is 29.2 Å². The van der Waals surface area contributed by atoms with Crippen molar-refractivity contribution in [3.05, 3.63) is 42.2 Å². The van der Waals surface area contributed by atoms with Gasteiger partial charge in [-0.1, -0.05) is 12.1 Å². The van der Waals surface area contributed by atoms with Gasteiger partial charge in [-0.3, -0.25) is 4.79 Å². The third-order valence-corrected chi connectivity index (χ3v) is 8.27. The molecule has 1 amide bonds. The van der Waals surface area contributed by atoms with E-state index in [0.717, 1.165) is 16.3 Å². The first-order valence-corrected chi connectivity index (χ1v) is 12.6. The van der Waals surface area contributed by atoms with Gasteiger partial charge in [0.25, 0.3) is 10.0 Å². The van der Waals surface area contributed by atoms with Gasteiger partial charge >= 0.3 is 5.97 Å². The minimum atomic E-state index is -3.88. The summed E-state index contributed by atoms with van der Waals surface area (Å²) >= 11 is 1.74. The van der Waals surface area contributed by atoms with Crippen molar-refractivity contribution < 1.29 is 27.2 Å². The average molecular weight is 465 g/mol. The van der Waals surface area contributed by atoms with Crippen LogP contribution in [-0.4, -0.2) is 56.6 Å². The number of fused-ring (bicyclic) bond motifs is 1. The van der Waals surface area contributed by atoms with Crippen LogP contribution in [0.3, 0.4) is 0 Å². The van der Waals surface area contributed by atoms with E-state index in [1.165, 1.54) is 16.4 Å². The number of para-hydroxylation sites is 1. The van der Waals surface area contributed by atoms with Crippen LogP contribution < -0.4 is 4.90 Å². The summed E-state index contributed by atoms with van der Waals surface area (Å²) in [7, 11) is -3.88. The number of furan rings is 1. The number of ether oxygens (including phenoxy) is 1. The smallest absolute Gasteiger partial charge is 0.374 e. The Morgan fingerprint density at radius 3 is 2.61 bits per heavy atom. The summed E-state index contributed by atoms with van der Waals surface area (Å²) in [4.78, 5) is 27.8. The molecule has 0 N–H and O–H groups in total. The number of rotatable bonds is 5. The lowest BCUT2D eigenvalue weighted by molar-refractivity contribution is -0.123. The number of piperidine rings is 1. The van der Waals surface area contributed by atoms with Gasteiger partial charge in [0.2, 0.25) is 16.8 Å². The van der Waals surface area contributed by atoms with Crippen LogP contribution >= 0.6 is 11.8 Å². The number of esters is 1. The van der Waals surface area contributed by atoms with Crippen molar-refractivity contribution in [3.8, 4) is 0 Å². The van der Waals surface area contributed by atoms with E-state index in [1.54, 1.807) is 18.7 Å². The first-order chi connectivity index (χ1) is 14.9. The maximum absolute atomic E-state index is 13.2. The van der Waals surface area contributed by atoms with Crippen LogP contribution in [0.1, 0.15) is 30.3 Å². The van der Waals surface area contributed by atoms with Crippen molar-refractivity contribution in [2.45, 2.75) is 29.8 Å². The van der Waals surface area contributed by atoms with E-state index in [4.69, 9.17) is 9.15 Å². The second-order valence-corrected chi connectivity index (χ2v) is 10.3. The summed E-state index contributed by atoms with van der Waals surface area (Å²) in [5.74, 6) is -0.181. The molecule has 1 saturated heterocycles. The van der Waals surface area contributed by atoms with Gasteiger partial charge in [-0.05, 0) is 44.0 Å². The summed E-state index contributed by atoms with van der Waals surface area (Å²) in [5.41, 5.74) is 0.931. The highest BCUT2D eigenvalue weighted by Gasteiger charge is 2.36. The third kappa shape index (κ3) is 4.37. The number of carbonyl (C=O) groups is 2. The Kier molecular flexibility index (Phi) is 6.40. The molecule has 0 bridgehead atoms. The van der Waals surface area contributed by atoms with E-state index in [0.29, 0.717) is 19.4 Å². The fraction of sp³-hybridized carbons (Fsp3) is 0.429. The van der Waals surface area contributed by atoms with Gasteiger partial charge in [0.05, 0.1) is 12.3 Å². The molecule has 0 spiro atoms. The molecule has 31 heavy (non-hydrogen) atoms. The first-order valence-electron chi connectivity index (χ1n) is 10.2. The summed E-state index contributed by atoms with van der Waals surface area (Å²) in [6.45, 7) is 2.92. The van der Waals surface area contributed by atoms with Crippen molar-refractivity contribution in [2.75, 3.05) is 36.9 Å². The van der Waals surface area contributed by atoms with Crippen LogP contribution in [0, 0.1) is 5.92 Å². The maximum Gasteiger partial charge on any atom is 0.374 e. The molecule has 0 atom stereocenters. The molecule has 1 aromatic heterocycles. The van der Waals surface area contributed by atoms with Crippen molar-refractivity contribution in [1.29, 1.82) is 0 Å². The number of benzene rings is 1. The maximum atomic E-state index is 13.2. The molecule has 1 aromatic carbocycles. The molecule has 0 radical (unpaired) electrons. The quantitative estimate of drug-likeness (QED) is 0.628. The Hall–Kier alpha value is -2.30. The van der Waals surface area contributed by atoms with Crippen molar-refractivity contribution >= 4 is 39.3 Å². The number of thioether (sulfide) groups is 1. The van der Waals surface area contributed by atoms with Gasteiger partial charge in [0.15, 0.2) is 0 Å². The third-order valence-electron chi connectivity index (χ3n) is 5.45. The standard InChI is InChI=1S/C21H24N2O6S2/c1-2-28-21(25)17-7-8-19(29-17)31(26,27)22-11-9-15(10-12-22)20(24)23-13-14-30-18-6-4-3-5-16(18)23/h3-8,15H,2,9-14H2,1H3. The van der Waals surface area contributed by atoms with Crippen LogP contribution in [0.4, 0.5) is 5.69 Å². The zero-order chi connectivity index (χ0) is 22.0. The SMILES string of the molecule is CCOC(=O)c1ccc(S(=O)(=O)N2CCC(C(=O)N3CCSc4ccccc43)CC2)o1. The minimum absolute atomic E-state index is 0.0485. The zero-order valence-electron chi connectivity index (χ0n) is 17.2. The molecule has 166 valence electrons. The lowest BCUT2D eigenvalue weighted by Crippen LogP contribution is -2.45. The molecule has 4 rings (SSSR count). The molecule has 0 saturated carbocycles. The van der Waals surface area contributed by atoms with E-state index >= 15 is 0 Å². The van der Waals surface area contributed by atoms with Crippen molar-refractivity contribution in [3.63, 3.8) is 0 Å². The number of anilines is 1. The van der Waals surface area contributed by atoms with Crippen LogP contribution in [-0.2, 0) is 19.6 Å². The van der Waals surface area contributed by atoms with Gasteiger partial charge in [-0.15, -0.1) is 11.8 Å². The van der Waals surface area contributed by atoms with Gasteiger partial charge in [0, 0.05) is 36.2 Å². The second kappa shape index (κ2) is 9.05. The molecule has 0 aliphatic carbocycles. The Balaban J connectivity index is 1.42. The van der Waals surface area contributed by atoms with E-state index in [9.17, 15) is 18.0 Å². The highest BCUT2D eigenvalue weighted by atomic mass is 32.2. The average Bonchev–Trinajstić information content (AvgIpc) is 3.30. The predicted molar refractivity (Wildman–Crippen MR) is 116 cm³/mol. The lowest BCUT2D eigenvalue weighted by atomic mass is 9.96. The summed E-state index contributed by atoms with van der Waals surface area (Å²) in [5, 5.41) is -0.290. The Labute approximate surface area is 185 Å². The Morgan fingerprint density at radius 2 is 1.87 bits per heavy atom. The summed E-state index contributed by atoms with van der Waals surface area (Å²) < 4.78 is 37.2. The fourth-order valence-electron chi connectivity index (χ4n) is 3.86. The molecular formula is C21H24N2O6S2. The van der Waals surface area contributed by atoms with Crippen molar-refractivity contribution in [1.82, 2.24) is 4.31 Å². The molecule has 10 heteroatoms. The Morgan fingerprint density at radius 1 is 1.13 bits per heavy atom. The predicted octanol–water partition coefficient (Wildman–Crippen LogP) is 3.00. The zero-order valence-corrected chi connectivity index (χ0v) is 18.8. The number of sulfonamides is 1. The highest BCUT2D eigenvalue weighted by molar-refractivity contribution is 7.99. The minimum Gasteiger partial charge on any atom is -0.460 e. The second-order valence-electron chi connectivity index (χ2n) is 7.32. The van der Waals surface area contributed by atoms with Gasteiger partial charge in [0.1, 0.15) is 0 Å². The van der Waals surface area contributed by atoms with E-state index in [2.05, 4.69) is 0 Å². The molecule has 0 unspecified atom stereocenters. The molecule has 2 aromatic rings. The van der Waals surface area contributed by atoms with E-state index in [-0.39, 0.29) is 42.4 Å². The molecule has 2 aliphatic rings. The van der Waals surface area contributed by atoms with Crippen LogP contribution in [0.15, 0.2) is 50.8 Å². The molecule has 3 heterocycles. The van der Waals surface area contributed by atoms with Gasteiger partial charge in [-0.2, -0.15) is 4.31 Å². The lowest BCUT2D eigenvalue weighted by Gasteiger charge is -2.35. The van der Waals surface area contributed by atoms with Crippen LogP contribution in [0.2, 0.25) is 0 Å². The first kappa shape index (κ1) is 21.9. The molecule has 1 fully saturated rings. The number of nitrogens with zero attached hydrogens (tertiary/aromatic N) is 2. The summed E-state index contributed by atoms with van der Waals surface area (Å²) in [6.07, 6.45) is 0.880. The van der Waals surface area contributed by atoms with Crippen molar-refractivity contribution in [2.24, 2.45) is 5.92 Å². The monoisotopic (exact) mass is 464 g/mol. The van der Waals surface area contributed by atoms with Crippen LogP contribution in [0.5, 0.6) is 0 Å². The molecule has 2 aliphatic heterocycles.